The van der Waals surface area contributed by atoms with Gasteiger partial charge in [0.2, 0.25) is 5.91 Å². The van der Waals surface area contributed by atoms with Crippen molar-refractivity contribution in [2.45, 2.75) is 52.2 Å². The smallest absolute Gasteiger partial charge is 0.223 e. The summed E-state index contributed by atoms with van der Waals surface area (Å²) in [5.41, 5.74) is 4.09. The molecule has 0 aliphatic heterocycles. The molecule has 3 aromatic heterocycles. The Bertz CT molecular complexity index is 1340. The number of aromatic nitrogens is 5. The normalized spacial score (nSPS) is 14.2. The minimum absolute atomic E-state index is 0.0970. The highest BCUT2D eigenvalue weighted by atomic mass is 35.5. The van der Waals surface area contributed by atoms with Gasteiger partial charge in [0.25, 0.3) is 0 Å². The summed E-state index contributed by atoms with van der Waals surface area (Å²) in [5, 5.41) is 8.75. The van der Waals surface area contributed by atoms with Crippen LogP contribution in [0.5, 0.6) is 5.75 Å². The number of nitrogens with one attached hydrogen (secondary N) is 1. The molecule has 1 saturated carbocycles. The molecule has 0 unspecified atom stereocenters. The fraction of sp³-hybridized carbons (Fsp3) is 0.346. The number of halogens is 1. The van der Waals surface area contributed by atoms with Gasteiger partial charge in [-0.15, -0.1) is 0 Å². The fourth-order valence-electron chi connectivity index (χ4n) is 4.62. The minimum atomic E-state index is 0.0970. The number of hydrogen-bond donors (Lipinski definition) is 1. The lowest BCUT2D eigenvalue weighted by Crippen LogP contribution is -2.31. The molecule has 1 aromatic carbocycles. The molecule has 35 heavy (non-hydrogen) atoms. The zero-order chi connectivity index (χ0) is 24.2. The van der Waals surface area contributed by atoms with E-state index in [1.807, 2.05) is 31.2 Å². The van der Waals surface area contributed by atoms with Crippen LogP contribution in [0.1, 0.15) is 48.9 Å². The Morgan fingerprint density at radius 1 is 1.20 bits per heavy atom. The highest BCUT2D eigenvalue weighted by Crippen LogP contribution is 2.30. The monoisotopic (exact) mass is 490 g/mol. The average molecular weight is 491 g/mol. The van der Waals surface area contributed by atoms with Crippen LogP contribution in [0.4, 0.5) is 0 Å². The van der Waals surface area contributed by atoms with E-state index in [9.17, 15) is 4.79 Å². The number of amides is 1. The summed E-state index contributed by atoms with van der Waals surface area (Å²) in [6.45, 7) is 2.53. The Labute approximate surface area is 208 Å². The summed E-state index contributed by atoms with van der Waals surface area (Å²) in [5.74, 6) is 0.836. The molecule has 4 aromatic rings. The molecule has 5 rings (SSSR count). The molecular weight excluding hydrogens is 464 g/mol. The van der Waals surface area contributed by atoms with Crippen molar-refractivity contribution in [3.8, 4) is 11.4 Å². The Balaban J connectivity index is 1.37. The van der Waals surface area contributed by atoms with Crippen LogP contribution < -0.4 is 10.1 Å². The fourth-order valence-corrected chi connectivity index (χ4v) is 4.86. The largest absolute Gasteiger partial charge is 0.487 e. The molecule has 3 heterocycles. The molecule has 0 radical (unpaired) electrons. The van der Waals surface area contributed by atoms with Crippen molar-refractivity contribution in [2.24, 2.45) is 5.92 Å². The van der Waals surface area contributed by atoms with E-state index in [1.54, 1.807) is 23.4 Å². The van der Waals surface area contributed by atoms with Gasteiger partial charge in [-0.3, -0.25) is 9.78 Å². The van der Waals surface area contributed by atoms with Crippen molar-refractivity contribution in [3.05, 3.63) is 71.2 Å². The third-order valence-electron chi connectivity index (χ3n) is 6.47. The van der Waals surface area contributed by atoms with Gasteiger partial charge in [-0.25, -0.2) is 14.6 Å². The molecule has 9 heteroatoms. The number of carbonyl (C=O) groups excluding carboxylic acids is 1. The zero-order valence-electron chi connectivity index (χ0n) is 19.6. The van der Waals surface area contributed by atoms with Crippen molar-refractivity contribution in [3.63, 3.8) is 0 Å². The van der Waals surface area contributed by atoms with Crippen molar-refractivity contribution in [2.75, 3.05) is 0 Å². The average Bonchev–Trinajstić information content (AvgIpc) is 3.42. The number of ether oxygens (including phenoxy) is 1. The number of rotatable bonds is 7. The van der Waals surface area contributed by atoms with E-state index >= 15 is 0 Å². The number of benzene rings is 1. The van der Waals surface area contributed by atoms with Crippen LogP contribution in [-0.2, 0) is 17.9 Å². The van der Waals surface area contributed by atoms with Crippen LogP contribution in [0.2, 0.25) is 5.02 Å². The van der Waals surface area contributed by atoms with Crippen LogP contribution in [0.3, 0.4) is 0 Å². The van der Waals surface area contributed by atoms with Gasteiger partial charge in [-0.05, 0) is 37.5 Å². The Morgan fingerprint density at radius 3 is 2.86 bits per heavy atom. The van der Waals surface area contributed by atoms with E-state index < -0.39 is 0 Å². The van der Waals surface area contributed by atoms with Crippen molar-refractivity contribution < 1.29 is 9.53 Å². The Kier molecular flexibility index (Phi) is 6.90. The predicted octanol–water partition coefficient (Wildman–Crippen LogP) is 4.95. The Morgan fingerprint density at radius 2 is 2.06 bits per heavy atom. The molecule has 0 bridgehead atoms. The van der Waals surface area contributed by atoms with Gasteiger partial charge in [-0.1, -0.05) is 43.0 Å². The third kappa shape index (κ3) is 5.12. The van der Waals surface area contributed by atoms with Crippen LogP contribution in [0.15, 0.2) is 49.3 Å². The topological polar surface area (TPSA) is 94.8 Å². The number of pyridine rings is 2. The predicted molar refractivity (Wildman–Crippen MR) is 133 cm³/mol. The van der Waals surface area contributed by atoms with Gasteiger partial charge in [0.05, 0.1) is 10.7 Å². The minimum Gasteiger partial charge on any atom is -0.487 e. The van der Waals surface area contributed by atoms with Crippen LogP contribution in [-0.4, -0.2) is 30.6 Å². The molecule has 0 atom stereocenters. The van der Waals surface area contributed by atoms with Crippen molar-refractivity contribution in [1.29, 1.82) is 0 Å². The number of carbonyl (C=O) groups is 1. The maximum Gasteiger partial charge on any atom is 0.223 e. The molecule has 1 amide bonds. The number of nitrogens with zero attached hydrogens (tertiary/aromatic N) is 5. The van der Waals surface area contributed by atoms with Crippen molar-refractivity contribution >= 4 is 28.4 Å². The van der Waals surface area contributed by atoms with Gasteiger partial charge in [-0.2, -0.15) is 5.10 Å². The van der Waals surface area contributed by atoms with E-state index in [0.29, 0.717) is 17.3 Å². The van der Waals surface area contributed by atoms with Crippen LogP contribution >= 0.6 is 11.6 Å². The van der Waals surface area contributed by atoms with Gasteiger partial charge in [0, 0.05) is 41.5 Å². The maximum absolute atomic E-state index is 12.6. The van der Waals surface area contributed by atoms with Crippen LogP contribution in [0.25, 0.3) is 16.6 Å². The molecule has 1 fully saturated rings. The zero-order valence-corrected chi connectivity index (χ0v) is 20.3. The van der Waals surface area contributed by atoms with Gasteiger partial charge < -0.3 is 10.1 Å². The Hall–Kier alpha value is -3.52. The third-order valence-corrected chi connectivity index (χ3v) is 6.80. The molecule has 1 aliphatic rings. The number of hydrogen-bond acceptors (Lipinski definition) is 6. The molecule has 8 nitrogen and oxygen atoms in total. The summed E-state index contributed by atoms with van der Waals surface area (Å²) >= 11 is 6.51. The van der Waals surface area contributed by atoms with E-state index in [-0.39, 0.29) is 18.4 Å². The van der Waals surface area contributed by atoms with Gasteiger partial charge in [0.1, 0.15) is 30.5 Å². The van der Waals surface area contributed by atoms with Gasteiger partial charge in [0.15, 0.2) is 0 Å². The summed E-state index contributed by atoms with van der Waals surface area (Å²) in [6.07, 6.45) is 11.9. The van der Waals surface area contributed by atoms with E-state index in [1.165, 1.54) is 12.7 Å². The lowest BCUT2D eigenvalue weighted by molar-refractivity contribution is -0.126. The molecule has 0 saturated heterocycles. The summed E-state index contributed by atoms with van der Waals surface area (Å²) in [7, 11) is 0. The van der Waals surface area contributed by atoms with Crippen LogP contribution in [0, 0.1) is 12.8 Å². The highest BCUT2D eigenvalue weighted by Gasteiger charge is 2.21. The highest BCUT2D eigenvalue weighted by molar-refractivity contribution is 6.31. The molecule has 0 spiro atoms. The number of aryl methyl sites for hydroxylation is 1. The SMILES string of the molecule is Cc1cc(-n2cncn2)c2cccc(OCc3c(Cl)cncc3CNC(=O)C3CCCCC3)c2n1. The van der Waals surface area contributed by atoms with E-state index in [2.05, 4.69) is 20.4 Å². The summed E-state index contributed by atoms with van der Waals surface area (Å²) < 4.78 is 7.96. The maximum atomic E-state index is 12.6. The summed E-state index contributed by atoms with van der Waals surface area (Å²) in [6, 6.07) is 7.76. The standard InChI is InChI=1S/C26H27ClN6O2/c1-17-10-23(33-16-29-15-31-33)20-8-5-9-24(25(20)32-17)35-14-21-19(11-28-13-22(21)27)12-30-26(34)18-6-3-2-4-7-18/h5,8-11,13,15-16,18H,2-4,6-7,12,14H2,1H3,(H,30,34). The second-order valence-corrected chi connectivity index (χ2v) is 9.28. The van der Waals surface area contributed by atoms with Crippen molar-refractivity contribution in [1.82, 2.24) is 30.0 Å². The van der Waals surface area contributed by atoms with Gasteiger partial charge >= 0.3 is 0 Å². The lowest BCUT2D eigenvalue weighted by Gasteiger charge is -2.21. The molecule has 180 valence electrons. The van der Waals surface area contributed by atoms with E-state index in [4.69, 9.17) is 21.3 Å². The number of fused-ring (bicyclic) bond motifs is 1. The first-order valence-electron chi connectivity index (χ1n) is 11.9. The first-order chi connectivity index (χ1) is 17.1. The number of para-hydroxylation sites is 1. The molecular formula is C26H27ClN6O2. The second kappa shape index (κ2) is 10.4. The molecule has 1 aliphatic carbocycles. The quantitative estimate of drug-likeness (QED) is 0.394. The second-order valence-electron chi connectivity index (χ2n) is 8.88. The summed E-state index contributed by atoms with van der Waals surface area (Å²) in [4.78, 5) is 25.7. The first kappa shape index (κ1) is 23.2. The molecule has 1 N–H and O–H groups in total. The van der Waals surface area contributed by atoms with E-state index in [0.717, 1.165) is 59.1 Å². The lowest BCUT2D eigenvalue weighted by atomic mass is 9.88. The first-order valence-corrected chi connectivity index (χ1v) is 12.2.